The van der Waals surface area contributed by atoms with Crippen LogP contribution in [0.1, 0.15) is 17.5 Å². The molecule has 0 saturated carbocycles. The SMILES string of the molecule is CN(CCc1cccc2ccccc12)C(=O)CCc1cccc(F)c1. The number of carbonyl (C=O) groups is 1. The molecule has 0 aliphatic heterocycles. The molecule has 0 bridgehead atoms. The lowest BCUT2D eigenvalue weighted by atomic mass is 10.0. The Balaban J connectivity index is 1.56. The Morgan fingerprint density at radius 1 is 0.960 bits per heavy atom. The van der Waals surface area contributed by atoms with Crippen molar-refractivity contribution in [3.63, 3.8) is 0 Å². The number of amides is 1. The number of carbonyl (C=O) groups excluding carboxylic acids is 1. The summed E-state index contributed by atoms with van der Waals surface area (Å²) in [6, 6.07) is 21.0. The summed E-state index contributed by atoms with van der Waals surface area (Å²) in [5, 5.41) is 2.46. The first-order chi connectivity index (χ1) is 12.1. The average Bonchev–Trinajstić information content (AvgIpc) is 2.64. The van der Waals surface area contributed by atoms with Crippen LogP contribution < -0.4 is 0 Å². The van der Waals surface area contributed by atoms with Gasteiger partial charge in [-0.3, -0.25) is 4.79 Å². The summed E-state index contributed by atoms with van der Waals surface area (Å²) in [4.78, 5) is 14.1. The van der Waals surface area contributed by atoms with Crippen LogP contribution in [0.5, 0.6) is 0 Å². The summed E-state index contributed by atoms with van der Waals surface area (Å²) in [7, 11) is 1.83. The average molecular weight is 335 g/mol. The molecule has 0 unspecified atom stereocenters. The number of nitrogens with zero attached hydrogens (tertiary/aromatic N) is 1. The van der Waals surface area contributed by atoms with Gasteiger partial charge in [0.25, 0.3) is 0 Å². The molecule has 0 spiro atoms. The normalized spacial score (nSPS) is 10.8. The third-order valence-corrected chi connectivity index (χ3v) is 4.54. The van der Waals surface area contributed by atoms with Crippen LogP contribution in [-0.2, 0) is 17.6 Å². The topological polar surface area (TPSA) is 20.3 Å². The molecule has 3 rings (SSSR count). The van der Waals surface area contributed by atoms with E-state index < -0.39 is 0 Å². The van der Waals surface area contributed by atoms with Crippen LogP contribution in [0.25, 0.3) is 10.8 Å². The van der Waals surface area contributed by atoms with Crippen LogP contribution in [0.2, 0.25) is 0 Å². The Morgan fingerprint density at radius 3 is 2.56 bits per heavy atom. The van der Waals surface area contributed by atoms with Gasteiger partial charge in [0.1, 0.15) is 5.82 Å². The second-order valence-electron chi connectivity index (χ2n) is 6.33. The fourth-order valence-electron chi connectivity index (χ4n) is 3.06. The van der Waals surface area contributed by atoms with Crippen molar-refractivity contribution in [2.45, 2.75) is 19.3 Å². The van der Waals surface area contributed by atoms with Gasteiger partial charge in [-0.15, -0.1) is 0 Å². The molecule has 3 aromatic rings. The maximum absolute atomic E-state index is 13.2. The van der Waals surface area contributed by atoms with Crippen molar-refractivity contribution in [3.05, 3.63) is 83.7 Å². The number of rotatable bonds is 6. The van der Waals surface area contributed by atoms with Gasteiger partial charge >= 0.3 is 0 Å². The Morgan fingerprint density at radius 2 is 1.72 bits per heavy atom. The molecule has 3 heteroatoms. The predicted molar refractivity (Wildman–Crippen MR) is 100 cm³/mol. The van der Waals surface area contributed by atoms with Crippen molar-refractivity contribution < 1.29 is 9.18 Å². The second-order valence-corrected chi connectivity index (χ2v) is 6.33. The van der Waals surface area contributed by atoms with Crippen LogP contribution in [0.3, 0.4) is 0 Å². The highest BCUT2D eigenvalue weighted by atomic mass is 19.1. The zero-order chi connectivity index (χ0) is 17.6. The fourth-order valence-corrected chi connectivity index (χ4v) is 3.06. The summed E-state index contributed by atoms with van der Waals surface area (Å²) < 4.78 is 13.2. The summed E-state index contributed by atoms with van der Waals surface area (Å²) in [6.07, 6.45) is 1.79. The molecule has 0 heterocycles. The third-order valence-electron chi connectivity index (χ3n) is 4.54. The van der Waals surface area contributed by atoms with E-state index in [0.29, 0.717) is 19.4 Å². The van der Waals surface area contributed by atoms with E-state index in [1.165, 1.54) is 28.5 Å². The Labute approximate surface area is 147 Å². The van der Waals surface area contributed by atoms with Gasteiger partial charge in [-0.25, -0.2) is 4.39 Å². The van der Waals surface area contributed by atoms with Gasteiger partial charge in [-0.05, 0) is 46.9 Å². The van der Waals surface area contributed by atoms with E-state index >= 15 is 0 Å². The van der Waals surface area contributed by atoms with Crippen molar-refractivity contribution >= 4 is 16.7 Å². The Bertz CT molecular complexity index is 869. The number of hydrogen-bond donors (Lipinski definition) is 0. The molecule has 128 valence electrons. The zero-order valence-electron chi connectivity index (χ0n) is 14.4. The van der Waals surface area contributed by atoms with Crippen LogP contribution in [0.4, 0.5) is 4.39 Å². The van der Waals surface area contributed by atoms with Gasteiger partial charge < -0.3 is 4.90 Å². The van der Waals surface area contributed by atoms with E-state index in [9.17, 15) is 9.18 Å². The first-order valence-corrected chi connectivity index (χ1v) is 8.58. The molecule has 0 saturated heterocycles. The molecular weight excluding hydrogens is 313 g/mol. The fraction of sp³-hybridized carbons (Fsp3) is 0.227. The van der Waals surface area contributed by atoms with Crippen molar-refractivity contribution in [1.29, 1.82) is 0 Å². The monoisotopic (exact) mass is 335 g/mol. The van der Waals surface area contributed by atoms with Gasteiger partial charge in [0.15, 0.2) is 0 Å². The summed E-state index contributed by atoms with van der Waals surface area (Å²) in [6.45, 7) is 0.677. The molecule has 3 aromatic carbocycles. The van der Waals surface area contributed by atoms with E-state index in [1.54, 1.807) is 11.0 Å². The smallest absolute Gasteiger partial charge is 0.222 e. The highest BCUT2D eigenvalue weighted by Crippen LogP contribution is 2.19. The van der Waals surface area contributed by atoms with Gasteiger partial charge in [0.05, 0.1) is 0 Å². The van der Waals surface area contributed by atoms with Crippen LogP contribution in [0, 0.1) is 5.82 Å². The maximum Gasteiger partial charge on any atom is 0.222 e. The lowest BCUT2D eigenvalue weighted by Gasteiger charge is -2.18. The molecule has 0 aliphatic carbocycles. The van der Waals surface area contributed by atoms with Crippen LogP contribution in [-0.4, -0.2) is 24.4 Å². The van der Waals surface area contributed by atoms with E-state index in [4.69, 9.17) is 0 Å². The lowest BCUT2D eigenvalue weighted by Crippen LogP contribution is -2.29. The molecule has 0 N–H and O–H groups in total. The van der Waals surface area contributed by atoms with E-state index in [0.717, 1.165) is 12.0 Å². The van der Waals surface area contributed by atoms with E-state index in [-0.39, 0.29) is 11.7 Å². The van der Waals surface area contributed by atoms with Gasteiger partial charge in [-0.1, -0.05) is 54.6 Å². The molecule has 0 aromatic heterocycles. The highest BCUT2D eigenvalue weighted by Gasteiger charge is 2.10. The summed E-state index contributed by atoms with van der Waals surface area (Å²) >= 11 is 0. The largest absolute Gasteiger partial charge is 0.345 e. The lowest BCUT2D eigenvalue weighted by molar-refractivity contribution is -0.129. The number of halogens is 1. The quantitative estimate of drug-likeness (QED) is 0.644. The molecule has 0 fully saturated rings. The van der Waals surface area contributed by atoms with Crippen molar-refractivity contribution in [1.82, 2.24) is 4.90 Å². The summed E-state index contributed by atoms with van der Waals surface area (Å²) in [5.74, 6) is -0.168. The predicted octanol–water partition coefficient (Wildman–Crippen LogP) is 4.61. The van der Waals surface area contributed by atoms with Crippen molar-refractivity contribution in [2.24, 2.45) is 0 Å². The first kappa shape index (κ1) is 17.2. The zero-order valence-corrected chi connectivity index (χ0v) is 14.4. The van der Waals surface area contributed by atoms with Gasteiger partial charge in [0.2, 0.25) is 5.91 Å². The second kappa shape index (κ2) is 7.93. The molecule has 25 heavy (non-hydrogen) atoms. The number of hydrogen-bond acceptors (Lipinski definition) is 1. The Hall–Kier alpha value is -2.68. The molecule has 2 nitrogen and oxygen atoms in total. The molecule has 0 aliphatic rings. The summed E-state index contributed by atoms with van der Waals surface area (Å²) in [5.41, 5.74) is 2.11. The van der Waals surface area contributed by atoms with Crippen molar-refractivity contribution in [2.75, 3.05) is 13.6 Å². The molecule has 1 amide bonds. The molecule has 0 atom stereocenters. The van der Waals surface area contributed by atoms with Crippen LogP contribution in [0.15, 0.2) is 66.7 Å². The standard InChI is InChI=1S/C22H22FNO/c1-24(22(25)13-12-17-6-4-10-20(23)16-17)15-14-19-9-5-8-18-7-2-3-11-21(18)19/h2-11,16H,12-15H2,1H3. The Kier molecular flexibility index (Phi) is 5.44. The van der Waals surface area contributed by atoms with E-state index in [1.807, 2.05) is 25.2 Å². The minimum absolute atomic E-state index is 0.0875. The highest BCUT2D eigenvalue weighted by molar-refractivity contribution is 5.85. The minimum Gasteiger partial charge on any atom is -0.345 e. The minimum atomic E-state index is -0.255. The first-order valence-electron chi connectivity index (χ1n) is 8.58. The van der Waals surface area contributed by atoms with Crippen LogP contribution >= 0.6 is 0 Å². The van der Waals surface area contributed by atoms with Crippen molar-refractivity contribution in [3.8, 4) is 0 Å². The number of fused-ring (bicyclic) bond motifs is 1. The molecular formula is C22H22FNO. The van der Waals surface area contributed by atoms with Gasteiger partial charge in [-0.2, -0.15) is 0 Å². The number of aryl methyl sites for hydroxylation is 1. The number of benzene rings is 3. The third kappa shape index (κ3) is 4.44. The molecule has 0 radical (unpaired) electrons. The van der Waals surface area contributed by atoms with E-state index in [2.05, 4.69) is 30.3 Å². The van der Waals surface area contributed by atoms with Gasteiger partial charge in [0, 0.05) is 20.0 Å². The maximum atomic E-state index is 13.2. The number of likely N-dealkylation sites (N-methyl/N-ethyl adjacent to an activating group) is 1.